The molecule has 5 nitrogen and oxygen atoms in total. The Bertz CT molecular complexity index is 521. The third kappa shape index (κ3) is 4.35. The van der Waals surface area contributed by atoms with E-state index in [1.54, 1.807) is 7.11 Å². The predicted octanol–water partition coefficient (Wildman–Crippen LogP) is 2.11. The molecule has 0 saturated heterocycles. The van der Waals surface area contributed by atoms with Gasteiger partial charge in [-0.1, -0.05) is 0 Å². The first-order valence-corrected chi connectivity index (χ1v) is 6.43. The van der Waals surface area contributed by atoms with Gasteiger partial charge in [0.15, 0.2) is 0 Å². The van der Waals surface area contributed by atoms with Gasteiger partial charge in [-0.25, -0.2) is 0 Å². The Kier molecular flexibility index (Phi) is 5.06. The smallest absolute Gasteiger partial charge is 0.223 e. The van der Waals surface area contributed by atoms with Crippen LogP contribution >= 0.6 is 0 Å². The lowest BCUT2D eigenvalue weighted by Crippen LogP contribution is -2.24. The van der Waals surface area contributed by atoms with E-state index in [0.29, 0.717) is 19.6 Å². The molecular weight excluding hydrogens is 256 g/mol. The highest BCUT2D eigenvalue weighted by atomic mass is 16.5. The summed E-state index contributed by atoms with van der Waals surface area (Å²) in [6.07, 6.45) is 4.01. The molecule has 0 aliphatic rings. The van der Waals surface area contributed by atoms with Gasteiger partial charge in [-0.05, 0) is 35.9 Å². The van der Waals surface area contributed by atoms with E-state index in [-0.39, 0.29) is 5.91 Å². The molecule has 0 unspecified atom stereocenters. The fourth-order valence-electron chi connectivity index (χ4n) is 1.69. The number of carbonyl (C=O) groups excluding carboxylic acids is 1. The number of aromatic amines is 1. The topological polar surface area (TPSA) is 63.4 Å². The Morgan fingerprint density at radius 1 is 1.20 bits per heavy atom. The molecule has 0 spiro atoms. The number of aromatic nitrogens is 1. The van der Waals surface area contributed by atoms with Crippen LogP contribution in [0.5, 0.6) is 11.5 Å². The standard InChI is InChI=1S/C15H18N2O3/c1-19-13-2-4-14(5-3-13)20-9-7-15(18)17-11-12-6-8-16-10-12/h2-6,8,10,16H,7,9,11H2,1H3,(H,17,18). The number of hydrogen-bond donors (Lipinski definition) is 2. The minimum Gasteiger partial charge on any atom is -0.497 e. The summed E-state index contributed by atoms with van der Waals surface area (Å²) >= 11 is 0. The number of benzene rings is 1. The number of hydrogen-bond acceptors (Lipinski definition) is 3. The Balaban J connectivity index is 1.65. The molecule has 1 aromatic carbocycles. The number of ether oxygens (including phenoxy) is 2. The molecule has 0 aliphatic carbocycles. The van der Waals surface area contributed by atoms with Crippen LogP contribution in [0.4, 0.5) is 0 Å². The molecular formula is C15H18N2O3. The zero-order valence-electron chi connectivity index (χ0n) is 11.4. The van der Waals surface area contributed by atoms with Crippen LogP contribution < -0.4 is 14.8 Å². The van der Waals surface area contributed by atoms with Gasteiger partial charge in [0.2, 0.25) is 5.91 Å². The van der Waals surface area contributed by atoms with Gasteiger partial charge < -0.3 is 19.8 Å². The average molecular weight is 274 g/mol. The fraction of sp³-hybridized carbons (Fsp3) is 0.267. The highest BCUT2D eigenvalue weighted by Crippen LogP contribution is 2.16. The average Bonchev–Trinajstić information content (AvgIpc) is 2.99. The normalized spacial score (nSPS) is 10.1. The van der Waals surface area contributed by atoms with E-state index in [0.717, 1.165) is 17.1 Å². The van der Waals surface area contributed by atoms with Crippen LogP contribution in [-0.4, -0.2) is 24.6 Å². The van der Waals surface area contributed by atoms with E-state index < -0.39 is 0 Å². The minimum atomic E-state index is -0.0280. The number of rotatable bonds is 7. The van der Waals surface area contributed by atoms with Crippen molar-refractivity contribution in [3.05, 3.63) is 48.3 Å². The molecule has 2 rings (SSSR count). The van der Waals surface area contributed by atoms with E-state index >= 15 is 0 Å². The highest BCUT2D eigenvalue weighted by Gasteiger charge is 2.02. The van der Waals surface area contributed by atoms with Crippen molar-refractivity contribution in [2.75, 3.05) is 13.7 Å². The van der Waals surface area contributed by atoms with Crippen molar-refractivity contribution in [3.63, 3.8) is 0 Å². The molecule has 0 atom stereocenters. The molecule has 1 amide bonds. The molecule has 0 aliphatic heterocycles. The van der Waals surface area contributed by atoms with Crippen LogP contribution in [-0.2, 0) is 11.3 Å². The van der Waals surface area contributed by atoms with Crippen molar-refractivity contribution in [1.29, 1.82) is 0 Å². The van der Waals surface area contributed by atoms with Gasteiger partial charge in [0.05, 0.1) is 20.1 Å². The Morgan fingerprint density at radius 3 is 2.60 bits per heavy atom. The molecule has 1 aromatic heterocycles. The summed E-state index contributed by atoms with van der Waals surface area (Å²) in [6.45, 7) is 0.885. The SMILES string of the molecule is COc1ccc(OCCC(=O)NCc2cc[nH]c2)cc1. The number of methoxy groups -OCH3 is 1. The van der Waals surface area contributed by atoms with Crippen molar-refractivity contribution in [2.24, 2.45) is 0 Å². The third-order valence-corrected chi connectivity index (χ3v) is 2.81. The van der Waals surface area contributed by atoms with Gasteiger partial charge in [0, 0.05) is 18.9 Å². The van der Waals surface area contributed by atoms with E-state index in [1.807, 2.05) is 42.7 Å². The Hall–Kier alpha value is -2.43. The van der Waals surface area contributed by atoms with Crippen molar-refractivity contribution < 1.29 is 14.3 Å². The highest BCUT2D eigenvalue weighted by molar-refractivity contribution is 5.75. The number of carbonyl (C=O) groups is 1. The van der Waals surface area contributed by atoms with Gasteiger partial charge in [0.1, 0.15) is 11.5 Å². The molecule has 0 bridgehead atoms. The number of H-pyrrole nitrogens is 1. The van der Waals surface area contributed by atoms with Crippen LogP contribution in [0.1, 0.15) is 12.0 Å². The van der Waals surface area contributed by atoms with E-state index in [4.69, 9.17) is 9.47 Å². The second kappa shape index (κ2) is 7.23. The van der Waals surface area contributed by atoms with Gasteiger partial charge in [-0.15, -0.1) is 0 Å². The molecule has 1 heterocycles. The van der Waals surface area contributed by atoms with Crippen LogP contribution in [0, 0.1) is 0 Å². The fourth-order valence-corrected chi connectivity index (χ4v) is 1.69. The number of amides is 1. The molecule has 2 N–H and O–H groups in total. The summed E-state index contributed by atoms with van der Waals surface area (Å²) in [5.41, 5.74) is 1.05. The Labute approximate surface area is 117 Å². The van der Waals surface area contributed by atoms with Crippen LogP contribution in [0.2, 0.25) is 0 Å². The van der Waals surface area contributed by atoms with E-state index in [2.05, 4.69) is 10.3 Å². The summed E-state index contributed by atoms with van der Waals surface area (Å²) in [5.74, 6) is 1.48. The molecule has 106 valence electrons. The van der Waals surface area contributed by atoms with Gasteiger partial charge >= 0.3 is 0 Å². The molecule has 0 saturated carbocycles. The predicted molar refractivity (Wildman–Crippen MR) is 75.7 cm³/mol. The molecule has 5 heteroatoms. The maximum atomic E-state index is 11.6. The summed E-state index contributed by atoms with van der Waals surface area (Å²) in [6, 6.07) is 9.20. The van der Waals surface area contributed by atoms with Gasteiger partial charge in [-0.3, -0.25) is 4.79 Å². The van der Waals surface area contributed by atoms with Crippen molar-refractivity contribution >= 4 is 5.91 Å². The lowest BCUT2D eigenvalue weighted by Gasteiger charge is -2.07. The maximum absolute atomic E-state index is 11.6. The second-order valence-corrected chi connectivity index (χ2v) is 4.27. The van der Waals surface area contributed by atoms with Crippen molar-refractivity contribution in [3.8, 4) is 11.5 Å². The lowest BCUT2D eigenvalue weighted by atomic mass is 10.3. The molecule has 2 aromatic rings. The zero-order valence-corrected chi connectivity index (χ0v) is 11.4. The zero-order chi connectivity index (χ0) is 14.2. The first-order chi connectivity index (χ1) is 9.78. The minimum absolute atomic E-state index is 0.0280. The van der Waals surface area contributed by atoms with E-state index in [1.165, 1.54) is 0 Å². The van der Waals surface area contributed by atoms with Crippen molar-refractivity contribution in [1.82, 2.24) is 10.3 Å². The third-order valence-electron chi connectivity index (χ3n) is 2.81. The summed E-state index contributed by atoms with van der Waals surface area (Å²) in [5, 5.41) is 2.83. The Morgan fingerprint density at radius 2 is 1.95 bits per heavy atom. The molecule has 0 fully saturated rings. The summed E-state index contributed by atoms with van der Waals surface area (Å²) in [7, 11) is 1.62. The van der Waals surface area contributed by atoms with Gasteiger partial charge in [0.25, 0.3) is 0 Å². The lowest BCUT2D eigenvalue weighted by molar-refractivity contribution is -0.121. The van der Waals surface area contributed by atoms with Crippen LogP contribution in [0.3, 0.4) is 0 Å². The van der Waals surface area contributed by atoms with Crippen molar-refractivity contribution in [2.45, 2.75) is 13.0 Å². The summed E-state index contributed by atoms with van der Waals surface area (Å²) < 4.78 is 10.5. The maximum Gasteiger partial charge on any atom is 0.223 e. The number of nitrogens with one attached hydrogen (secondary N) is 2. The monoisotopic (exact) mass is 274 g/mol. The van der Waals surface area contributed by atoms with E-state index in [9.17, 15) is 4.79 Å². The van der Waals surface area contributed by atoms with Crippen LogP contribution in [0.25, 0.3) is 0 Å². The van der Waals surface area contributed by atoms with Gasteiger partial charge in [-0.2, -0.15) is 0 Å². The summed E-state index contributed by atoms with van der Waals surface area (Å²) in [4.78, 5) is 14.5. The first kappa shape index (κ1) is 14.0. The quantitative estimate of drug-likeness (QED) is 0.812. The van der Waals surface area contributed by atoms with Crippen LogP contribution in [0.15, 0.2) is 42.7 Å². The molecule has 20 heavy (non-hydrogen) atoms. The first-order valence-electron chi connectivity index (χ1n) is 6.43. The largest absolute Gasteiger partial charge is 0.497 e. The molecule has 0 radical (unpaired) electrons. The second-order valence-electron chi connectivity index (χ2n) is 4.27.